The largest absolute Gasteiger partial charge is 0.297 e. The average molecular weight is 138 g/mol. The Balaban J connectivity index is 2.38. The van der Waals surface area contributed by atoms with E-state index in [1.54, 1.807) is 0 Å². The highest BCUT2D eigenvalue weighted by molar-refractivity contribution is 6.03. The van der Waals surface area contributed by atoms with Crippen molar-refractivity contribution in [3.05, 3.63) is 0 Å². The Bertz CT molecular complexity index is 168. The van der Waals surface area contributed by atoms with Crippen LogP contribution in [0, 0.1) is 0 Å². The molecule has 0 amide bonds. The van der Waals surface area contributed by atoms with Gasteiger partial charge in [0.15, 0.2) is 0 Å². The molecule has 0 unspecified atom stereocenters. The third-order valence-electron chi connectivity index (χ3n) is 1.80. The van der Waals surface area contributed by atoms with Crippen LogP contribution in [0.3, 0.4) is 0 Å². The van der Waals surface area contributed by atoms with Gasteiger partial charge in [0, 0.05) is 31.4 Å². The lowest BCUT2D eigenvalue weighted by Crippen LogP contribution is -2.01. The summed E-state index contributed by atoms with van der Waals surface area (Å²) in [4.78, 5) is 8.45. The lowest BCUT2D eigenvalue weighted by atomic mass is 10.1. The molecule has 0 spiro atoms. The van der Waals surface area contributed by atoms with Crippen LogP contribution < -0.4 is 0 Å². The Labute approximate surface area is 62.1 Å². The molecular formula is C8H14N2. The normalized spacial score (nSPS) is 19.4. The minimum Gasteiger partial charge on any atom is -0.297 e. The minimum atomic E-state index is 0.997. The molecule has 0 radical (unpaired) electrons. The average Bonchev–Trinajstić information content (AvgIpc) is 2.40. The van der Waals surface area contributed by atoms with Crippen molar-refractivity contribution in [3.63, 3.8) is 0 Å². The predicted octanol–water partition coefficient (Wildman–Crippen LogP) is 1.70. The highest BCUT2D eigenvalue weighted by Gasteiger charge is 2.05. The summed E-state index contributed by atoms with van der Waals surface area (Å²) in [6.45, 7) is 3.09. The molecule has 0 saturated carbocycles. The van der Waals surface area contributed by atoms with Crippen molar-refractivity contribution in [1.82, 2.24) is 0 Å². The van der Waals surface area contributed by atoms with Crippen molar-refractivity contribution in [2.75, 3.05) is 13.6 Å². The summed E-state index contributed by atoms with van der Waals surface area (Å²) in [5.41, 5.74) is 2.53. The summed E-state index contributed by atoms with van der Waals surface area (Å²) >= 11 is 0. The lowest BCUT2D eigenvalue weighted by Gasteiger charge is -1.96. The van der Waals surface area contributed by atoms with E-state index in [1.807, 2.05) is 7.05 Å². The van der Waals surface area contributed by atoms with Crippen molar-refractivity contribution in [2.45, 2.75) is 26.2 Å². The molecule has 0 bridgehead atoms. The smallest absolute Gasteiger partial charge is 0.0392 e. The first kappa shape index (κ1) is 7.45. The number of rotatable bonds is 2. The summed E-state index contributed by atoms with van der Waals surface area (Å²) in [5.74, 6) is 0. The van der Waals surface area contributed by atoms with Crippen LogP contribution in [-0.2, 0) is 0 Å². The molecule has 1 heterocycles. The molecule has 0 atom stereocenters. The number of hydrogen-bond donors (Lipinski definition) is 0. The van der Waals surface area contributed by atoms with Gasteiger partial charge in [0.25, 0.3) is 0 Å². The Hall–Kier alpha value is -0.660. The summed E-state index contributed by atoms with van der Waals surface area (Å²) in [7, 11) is 1.84. The van der Waals surface area contributed by atoms with Gasteiger partial charge in [-0.3, -0.25) is 9.98 Å². The topological polar surface area (TPSA) is 24.7 Å². The third kappa shape index (κ3) is 1.94. The van der Waals surface area contributed by atoms with E-state index < -0.39 is 0 Å². The van der Waals surface area contributed by atoms with Gasteiger partial charge in [-0.2, -0.15) is 0 Å². The van der Waals surface area contributed by atoms with Crippen molar-refractivity contribution in [3.8, 4) is 0 Å². The fourth-order valence-electron chi connectivity index (χ4n) is 1.12. The first-order chi connectivity index (χ1) is 4.83. The molecule has 0 aromatic rings. The van der Waals surface area contributed by atoms with Gasteiger partial charge in [0.05, 0.1) is 0 Å². The van der Waals surface area contributed by atoms with E-state index in [0.717, 1.165) is 13.0 Å². The summed E-state index contributed by atoms with van der Waals surface area (Å²) < 4.78 is 0. The maximum absolute atomic E-state index is 4.36. The van der Waals surface area contributed by atoms with Gasteiger partial charge in [0.1, 0.15) is 0 Å². The summed E-state index contributed by atoms with van der Waals surface area (Å²) in [6, 6.07) is 0. The molecule has 1 rings (SSSR count). The Morgan fingerprint density at radius 1 is 1.70 bits per heavy atom. The Morgan fingerprint density at radius 3 is 3.00 bits per heavy atom. The van der Waals surface area contributed by atoms with E-state index in [1.165, 1.54) is 24.3 Å². The third-order valence-corrected chi connectivity index (χ3v) is 1.80. The predicted molar refractivity (Wildman–Crippen MR) is 45.2 cm³/mol. The molecule has 1 aliphatic heterocycles. The van der Waals surface area contributed by atoms with Crippen LogP contribution in [0.1, 0.15) is 26.2 Å². The molecule has 1 aliphatic rings. The molecule has 2 heteroatoms. The molecule has 0 N–H and O–H groups in total. The maximum atomic E-state index is 4.36. The van der Waals surface area contributed by atoms with Crippen LogP contribution in [0.5, 0.6) is 0 Å². The maximum Gasteiger partial charge on any atom is 0.0392 e. The molecule has 2 nitrogen and oxygen atoms in total. The lowest BCUT2D eigenvalue weighted by molar-refractivity contribution is 0.950. The molecule has 0 aromatic carbocycles. The van der Waals surface area contributed by atoms with Crippen LogP contribution in [0.2, 0.25) is 0 Å². The fraction of sp³-hybridized carbons (Fsp3) is 0.750. The van der Waals surface area contributed by atoms with Crippen molar-refractivity contribution in [1.29, 1.82) is 0 Å². The van der Waals surface area contributed by atoms with Gasteiger partial charge < -0.3 is 0 Å². The molecular weight excluding hydrogens is 124 g/mol. The van der Waals surface area contributed by atoms with Gasteiger partial charge in [-0.25, -0.2) is 0 Å². The monoisotopic (exact) mass is 138 g/mol. The molecule has 0 aliphatic carbocycles. The Kier molecular flexibility index (Phi) is 2.60. The quantitative estimate of drug-likeness (QED) is 0.519. The van der Waals surface area contributed by atoms with Crippen LogP contribution >= 0.6 is 0 Å². The van der Waals surface area contributed by atoms with Crippen LogP contribution in [0.4, 0.5) is 0 Å². The van der Waals surface area contributed by atoms with Crippen LogP contribution in [-0.4, -0.2) is 25.0 Å². The van der Waals surface area contributed by atoms with Crippen LogP contribution in [0.15, 0.2) is 9.98 Å². The second-order valence-corrected chi connectivity index (χ2v) is 2.69. The van der Waals surface area contributed by atoms with E-state index in [2.05, 4.69) is 16.9 Å². The fourth-order valence-corrected chi connectivity index (χ4v) is 1.12. The van der Waals surface area contributed by atoms with Crippen molar-refractivity contribution >= 4 is 11.4 Å². The van der Waals surface area contributed by atoms with Gasteiger partial charge in [-0.15, -0.1) is 0 Å². The summed E-state index contributed by atoms with van der Waals surface area (Å²) in [6.07, 6.45) is 3.43. The van der Waals surface area contributed by atoms with E-state index in [0.29, 0.717) is 0 Å². The van der Waals surface area contributed by atoms with Crippen LogP contribution in [0.25, 0.3) is 0 Å². The van der Waals surface area contributed by atoms with Crippen molar-refractivity contribution < 1.29 is 0 Å². The molecule has 0 saturated heterocycles. The van der Waals surface area contributed by atoms with Gasteiger partial charge >= 0.3 is 0 Å². The number of aliphatic imine (C=N–C) groups is 2. The standard InChI is InChI=1S/C8H14N2/c1-7(9-2)6-8-4-3-5-10-8/h3-6H2,1-2H3. The zero-order chi connectivity index (χ0) is 7.40. The van der Waals surface area contributed by atoms with Crippen molar-refractivity contribution in [2.24, 2.45) is 9.98 Å². The molecule has 0 fully saturated rings. The molecule has 56 valence electrons. The second kappa shape index (κ2) is 3.49. The van der Waals surface area contributed by atoms with E-state index in [-0.39, 0.29) is 0 Å². The van der Waals surface area contributed by atoms with Gasteiger partial charge in [-0.05, 0) is 19.8 Å². The van der Waals surface area contributed by atoms with E-state index in [9.17, 15) is 0 Å². The number of hydrogen-bond acceptors (Lipinski definition) is 2. The minimum absolute atomic E-state index is 0.997. The van der Waals surface area contributed by atoms with Gasteiger partial charge in [-0.1, -0.05) is 0 Å². The zero-order valence-electron chi connectivity index (χ0n) is 6.72. The zero-order valence-corrected chi connectivity index (χ0v) is 6.72. The summed E-state index contributed by atoms with van der Waals surface area (Å²) in [5, 5.41) is 0. The molecule has 10 heavy (non-hydrogen) atoms. The van der Waals surface area contributed by atoms with E-state index in [4.69, 9.17) is 0 Å². The second-order valence-electron chi connectivity index (χ2n) is 2.69. The highest BCUT2D eigenvalue weighted by atomic mass is 14.8. The van der Waals surface area contributed by atoms with E-state index >= 15 is 0 Å². The first-order valence-corrected chi connectivity index (χ1v) is 3.77. The SMILES string of the molecule is CN=C(C)CC1=NCCC1. The first-order valence-electron chi connectivity index (χ1n) is 3.77. The number of nitrogens with zero attached hydrogens (tertiary/aromatic N) is 2. The van der Waals surface area contributed by atoms with Gasteiger partial charge in [0.2, 0.25) is 0 Å². The molecule has 0 aromatic heterocycles. The Morgan fingerprint density at radius 2 is 2.50 bits per heavy atom. The highest BCUT2D eigenvalue weighted by Crippen LogP contribution is 2.07.